The van der Waals surface area contributed by atoms with E-state index in [-0.39, 0.29) is 6.04 Å². The number of hydrogen-bond donors (Lipinski definition) is 1. The van der Waals surface area contributed by atoms with Gasteiger partial charge in [0.1, 0.15) is 0 Å². The summed E-state index contributed by atoms with van der Waals surface area (Å²) >= 11 is 1.76. The summed E-state index contributed by atoms with van der Waals surface area (Å²) in [5, 5.41) is 2.12. The first-order chi connectivity index (χ1) is 14.1. The first-order valence-electron chi connectivity index (χ1n) is 9.51. The average molecular weight is 409 g/mol. The van der Waals surface area contributed by atoms with E-state index in [1.165, 1.54) is 16.0 Å². The molecule has 1 aromatic heterocycles. The summed E-state index contributed by atoms with van der Waals surface area (Å²) in [5.41, 5.74) is 9.60. The Labute approximate surface area is 174 Å². The highest BCUT2D eigenvalue weighted by molar-refractivity contribution is 7.10. The molecule has 1 aliphatic rings. The molecule has 2 aromatic carbocycles. The van der Waals surface area contributed by atoms with Crippen LogP contribution < -0.4 is 15.2 Å². The topological polar surface area (TPSA) is 64.8 Å². The van der Waals surface area contributed by atoms with Crippen LogP contribution in [0.3, 0.4) is 0 Å². The third kappa shape index (κ3) is 3.86. The van der Waals surface area contributed by atoms with Crippen molar-refractivity contribution in [2.75, 3.05) is 20.8 Å². The molecule has 0 unspecified atom stereocenters. The molecule has 4 rings (SSSR count). The third-order valence-corrected chi connectivity index (χ3v) is 6.34. The fourth-order valence-electron chi connectivity index (χ4n) is 3.96. The molecule has 2 N–H and O–H groups in total. The van der Waals surface area contributed by atoms with E-state index in [4.69, 9.17) is 15.2 Å². The number of rotatable bonds is 6. The normalized spacial score (nSPS) is 16.3. The summed E-state index contributed by atoms with van der Waals surface area (Å²) in [5.74, 6) is 1.12. The number of ether oxygens (including phenoxy) is 2. The Morgan fingerprint density at radius 1 is 1.14 bits per heavy atom. The molecule has 5 nitrogen and oxygen atoms in total. The van der Waals surface area contributed by atoms with Gasteiger partial charge in [-0.25, -0.2) is 0 Å². The van der Waals surface area contributed by atoms with Gasteiger partial charge in [-0.3, -0.25) is 9.69 Å². The molecule has 0 saturated heterocycles. The zero-order chi connectivity index (χ0) is 20.4. The summed E-state index contributed by atoms with van der Waals surface area (Å²) in [4.78, 5) is 15.1. The summed E-state index contributed by atoms with van der Waals surface area (Å²) in [6, 6.07) is 16.2. The molecule has 150 valence electrons. The second-order valence-electron chi connectivity index (χ2n) is 7.11. The highest BCUT2D eigenvalue weighted by Gasteiger charge is 2.31. The van der Waals surface area contributed by atoms with E-state index in [0.717, 1.165) is 36.6 Å². The van der Waals surface area contributed by atoms with Gasteiger partial charge < -0.3 is 15.2 Å². The first-order valence-corrected chi connectivity index (χ1v) is 10.4. The Morgan fingerprint density at radius 3 is 2.48 bits per heavy atom. The summed E-state index contributed by atoms with van der Waals surface area (Å²) in [6.45, 7) is 1.72. The van der Waals surface area contributed by atoms with Gasteiger partial charge in [0.05, 0.1) is 20.3 Å². The minimum absolute atomic E-state index is 0.148. The fourth-order valence-corrected chi connectivity index (χ4v) is 4.83. The molecule has 29 heavy (non-hydrogen) atoms. The lowest BCUT2D eigenvalue weighted by Gasteiger charge is -2.37. The van der Waals surface area contributed by atoms with Crippen molar-refractivity contribution in [2.45, 2.75) is 19.0 Å². The van der Waals surface area contributed by atoms with Gasteiger partial charge >= 0.3 is 0 Å². The number of thiophene rings is 1. The van der Waals surface area contributed by atoms with Gasteiger partial charge in [-0.05, 0) is 58.8 Å². The SMILES string of the molecule is COc1cc2c(cc1OC)[C@@H](c1cccs1)N(Cc1ccc(C(N)=O)cc1)CC2. The van der Waals surface area contributed by atoms with E-state index in [2.05, 4.69) is 34.5 Å². The van der Waals surface area contributed by atoms with Gasteiger partial charge in [0.25, 0.3) is 0 Å². The van der Waals surface area contributed by atoms with Crippen LogP contribution in [0.25, 0.3) is 0 Å². The largest absolute Gasteiger partial charge is 0.493 e. The molecular weight excluding hydrogens is 384 g/mol. The second kappa shape index (κ2) is 8.27. The number of carbonyl (C=O) groups excluding carboxylic acids is 1. The molecule has 0 radical (unpaired) electrons. The number of carbonyl (C=O) groups is 1. The van der Waals surface area contributed by atoms with Crippen molar-refractivity contribution >= 4 is 17.2 Å². The molecule has 0 spiro atoms. The predicted molar refractivity (Wildman–Crippen MR) is 115 cm³/mol. The number of hydrogen-bond acceptors (Lipinski definition) is 5. The standard InChI is InChI=1S/C23H24N2O3S/c1-27-19-12-17-9-10-25(14-15-5-7-16(8-6-15)23(24)26)22(21-4-3-11-29-21)18(17)13-20(19)28-2/h3-8,11-13,22H,9-10,14H2,1-2H3,(H2,24,26)/t22-/m0/s1. The van der Waals surface area contributed by atoms with Gasteiger partial charge in [-0.1, -0.05) is 18.2 Å². The third-order valence-electron chi connectivity index (χ3n) is 5.41. The molecule has 0 fully saturated rings. The number of benzene rings is 2. The van der Waals surface area contributed by atoms with Crippen molar-refractivity contribution in [1.29, 1.82) is 0 Å². The Bertz CT molecular complexity index is 1000. The van der Waals surface area contributed by atoms with Crippen LogP contribution in [-0.4, -0.2) is 31.6 Å². The quantitative estimate of drug-likeness (QED) is 0.669. The zero-order valence-electron chi connectivity index (χ0n) is 16.6. The van der Waals surface area contributed by atoms with Crippen molar-refractivity contribution in [3.05, 3.63) is 81.0 Å². The molecule has 0 bridgehead atoms. The molecular formula is C23H24N2O3S. The highest BCUT2D eigenvalue weighted by Crippen LogP contribution is 2.42. The molecule has 0 saturated carbocycles. The van der Waals surface area contributed by atoms with E-state index < -0.39 is 5.91 Å². The van der Waals surface area contributed by atoms with E-state index in [9.17, 15) is 4.79 Å². The molecule has 1 amide bonds. The van der Waals surface area contributed by atoms with Gasteiger partial charge in [-0.15, -0.1) is 11.3 Å². The minimum Gasteiger partial charge on any atom is -0.493 e. The lowest BCUT2D eigenvalue weighted by atomic mass is 9.90. The van der Waals surface area contributed by atoms with Crippen LogP contribution in [0, 0.1) is 0 Å². The average Bonchev–Trinajstić information content (AvgIpc) is 3.27. The van der Waals surface area contributed by atoms with Gasteiger partial charge in [0.2, 0.25) is 5.91 Å². The maximum absolute atomic E-state index is 11.4. The number of fused-ring (bicyclic) bond motifs is 1. The van der Waals surface area contributed by atoms with Crippen LogP contribution in [0.5, 0.6) is 11.5 Å². The smallest absolute Gasteiger partial charge is 0.248 e. The Balaban J connectivity index is 1.71. The van der Waals surface area contributed by atoms with E-state index in [1.54, 1.807) is 37.7 Å². The van der Waals surface area contributed by atoms with Crippen molar-refractivity contribution in [3.63, 3.8) is 0 Å². The van der Waals surface area contributed by atoms with Crippen LogP contribution in [0.1, 0.15) is 38.0 Å². The molecule has 0 aliphatic carbocycles. The lowest BCUT2D eigenvalue weighted by Crippen LogP contribution is -2.35. The Hall–Kier alpha value is -2.83. The predicted octanol–water partition coefficient (Wildman–Crippen LogP) is 4.01. The van der Waals surface area contributed by atoms with E-state index >= 15 is 0 Å². The Morgan fingerprint density at radius 2 is 1.86 bits per heavy atom. The van der Waals surface area contributed by atoms with Crippen molar-refractivity contribution < 1.29 is 14.3 Å². The number of methoxy groups -OCH3 is 2. The Kier molecular flexibility index (Phi) is 5.56. The van der Waals surface area contributed by atoms with Crippen LogP contribution in [0.4, 0.5) is 0 Å². The van der Waals surface area contributed by atoms with E-state index in [1.807, 2.05) is 12.1 Å². The van der Waals surface area contributed by atoms with Gasteiger partial charge in [0.15, 0.2) is 11.5 Å². The zero-order valence-corrected chi connectivity index (χ0v) is 17.4. The molecule has 6 heteroatoms. The molecule has 2 heterocycles. The number of amides is 1. The lowest BCUT2D eigenvalue weighted by molar-refractivity contribution is 0.1000. The summed E-state index contributed by atoms with van der Waals surface area (Å²) < 4.78 is 11.1. The highest BCUT2D eigenvalue weighted by atomic mass is 32.1. The van der Waals surface area contributed by atoms with Crippen molar-refractivity contribution in [3.8, 4) is 11.5 Å². The maximum Gasteiger partial charge on any atom is 0.248 e. The number of primary amides is 1. The van der Waals surface area contributed by atoms with Crippen LogP contribution >= 0.6 is 11.3 Å². The van der Waals surface area contributed by atoms with Gasteiger partial charge in [0, 0.05) is 23.5 Å². The maximum atomic E-state index is 11.4. The van der Waals surface area contributed by atoms with E-state index in [0.29, 0.717) is 5.56 Å². The molecule has 3 aromatic rings. The van der Waals surface area contributed by atoms with Crippen molar-refractivity contribution in [2.24, 2.45) is 5.73 Å². The second-order valence-corrected chi connectivity index (χ2v) is 8.08. The fraction of sp³-hybridized carbons (Fsp3) is 0.261. The first kappa shape index (κ1) is 19.5. The summed E-state index contributed by atoms with van der Waals surface area (Å²) in [7, 11) is 3.34. The minimum atomic E-state index is -0.402. The van der Waals surface area contributed by atoms with Crippen molar-refractivity contribution in [1.82, 2.24) is 4.90 Å². The van der Waals surface area contributed by atoms with Crippen LogP contribution in [0.15, 0.2) is 53.9 Å². The molecule has 1 aliphatic heterocycles. The van der Waals surface area contributed by atoms with Gasteiger partial charge in [-0.2, -0.15) is 0 Å². The monoisotopic (exact) mass is 408 g/mol. The number of nitrogens with zero attached hydrogens (tertiary/aromatic N) is 1. The molecule has 1 atom stereocenters. The summed E-state index contributed by atoms with van der Waals surface area (Å²) in [6.07, 6.45) is 0.941. The van der Waals surface area contributed by atoms with Crippen LogP contribution in [-0.2, 0) is 13.0 Å². The number of nitrogens with two attached hydrogens (primary N) is 1. The van der Waals surface area contributed by atoms with Crippen LogP contribution in [0.2, 0.25) is 0 Å².